The van der Waals surface area contributed by atoms with E-state index in [9.17, 15) is 4.79 Å². The van der Waals surface area contributed by atoms with E-state index in [1.54, 1.807) is 0 Å². The molecule has 0 N–H and O–H groups in total. The van der Waals surface area contributed by atoms with Crippen LogP contribution < -0.4 is 0 Å². The lowest BCUT2D eigenvalue weighted by Crippen LogP contribution is -2.16. The lowest BCUT2D eigenvalue weighted by atomic mass is 9.84. The van der Waals surface area contributed by atoms with Gasteiger partial charge < -0.3 is 0 Å². The number of carbonyl (C=O) groups is 1. The van der Waals surface area contributed by atoms with Crippen LogP contribution in [0.1, 0.15) is 36.7 Å². The van der Waals surface area contributed by atoms with E-state index in [1.807, 2.05) is 18.2 Å². The van der Waals surface area contributed by atoms with E-state index in [-0.39, 0.29) is 5.41 Å². The Morgan fingerprint density at radius 1 is 1.31 bits per heavy atom. The van der Waals surface area contributed by atoms with E-state index in [0.29, 0.717) is 0 Å². The largest absolute Gasteiger partial charge is 0.298 e. The fourth-order valence-corrected chi connectivity index (χ4v) is 2.76. The maximum atomic E-state index is 10.8. The average Bonchev–Trinajstić information content (AvgIpc) is 2.01. The van der Waals surface area contributed by atoms with Gasteiger partial charge in [-0.05, 0) is 39.6 Å². The van der Waals surface area contributed by atoms with Crippen molar-refractivity contribution in [3.63, 3.8) is 0 Å². The second-order valence-electron chi connectivity index (χ2n) is 4.07. The molecule has 0 saturated carbocycles. The summed E-state index contributed by atoms with van der Waals surface area (Å²) in [4.78, 5) is 10.8. The fraction of sp³-hybridized carbons (Fsp3) is 0.364. The van der Waals surface area contributed by atoms with Gasteiger partial charge in [-0.25, -0.2) is 0 Å². The van der Waals surface area contributed by atoms with Gasteiger partial charge >= 0.3 is 0 Å². The van der Waals surface area contributed by atoms with Crippen molar-refractivity contribution >= 4 is 28.9 Å². The van der Waals surface area contributed by atoms with Crippen molar-refractivity contribution in [1.29, 1.82) is 0 Å². The first kappa shape index (κ1) is 10.7. The minimum atomic E-state index is 0.0357. The highest BCUT2D eigenvalue weighted by molar-refractivity contribution is 14.1. The Kier molecular flexibility index (Phi) is 3.11. The standard InChI is InChI=1S/C11H13IO/c1-11(2,3)10-8(7-13)5-4-6-9(10)12/h4-7H,1-3H3. The van der Waals surface area contributed by atoms with Crippen LogP contribution in [0.5, 0.6) is 0 Å². The predicted molar refractivity (Wildman–Crippen MR) is 63.2 cm³/mol. The third-order valence-corrected chi connectivity index (χ3v) is 2.82. The summed E-state index contributed by atoms with van der Waals surface area (Å²) in [7, 11) is 0. The molecule has 1 rings (SSSR count). The molecule has 0 amide bonds. The molecule has 0 aliphatic rings. The fourth-order valence-electron chi connectivity index (χ4n) is 1.43. The van der Waals surface area contributed by atoms with E-state index >= 15 is 0 Å². The molecule has 0 spiro atoms. The SMILES string of the molecule is CC(C)(C)c1c(I)cccc1C=O. The molecule has 0 unspecified atom stereocenters. The van der Waals surface area contributed by atoms with Crippen molar-refractivity contribution in [2.24, 2.45) is 0 Å². The van der Waals surface area contributed by atoms with Crippen molar-refractivity contribution in [2.75, 3.05) is 0 Å². The summed E-state index contributed by atoms with van der Waals surface area (Å²) in [6, 6.07) is 5.82. The minimum Gasteiger partial charge on any atom is -0.298 e. The maximum absolute atomic E-state index is 10.8. The molecule has 0 fully saturated rings. The normalized spacial score (nSPS) is 11.4. The van der Waals surface area contributed by atoms with Crippen LogP contribution in [0.3, 0.4) is 0 Å². The van der Waals surface area contributed by atoms with Crippen LogP contribution in [0, 0.1) is 3.57 Å². The third kappa shape index (κ3) is 2.30. The smallest absolute Gasteiger partial charge is 0.150 e. The summed E-state index contributed by atoms with van der Waals surface area (Å²) in [6.45, 7) is 6.37. The highest BCUT2D eigenvalue weighted by atomic mass is 127. The zero-order chi connectivity index (χ0) is 10.1. The molecule has 1 aromatic rings. The monoisotopic (exact) mass is 288 g/mol. The predicted octanol–water partition coefficient (Wildman–Crippen LogP) is 3.40. The van der Waals surface area contributed by atoms with E-state index in [2.05, 4.69) is 43.4 Å². The van der Waals surface area contributed by atoms with Crippen molar-refractivity contribution < 1.29 is 4.79 Å². The second-order valence-corrected chi connectivity index (χ2v) is 5.23. The Balaban J connectivity index is 3.40. The van der Waals surface area contributed by atoms with Gasteiger partial charge in [0.05, 0.1) is 0 Å². The van der Waals surface area contributed by atoms with E-state index in [0.717, 1.165) is 21.0 Å². The van der Waals surface area contributed by atoms with Gasteiger partial charge in [0.1, 0.15) is 6.29 Å². The van der Waals surface area contributed by atoms with E-state index in [1.165, 1.54) is 0 Å². The molecule has 0 aliphatic heterocycles. The van der Waals surface area contributed by atoms with Crippen LogP contribution in [-0.4, -0.2) is 6.29 Å². The first-order valence-electron chi connectivity index (χ1n) is 4.21. The average molecular weight is 288 g/mol. The summed E-state index contributed by atoms with van der Waals surface area (Å²) in [6.07, 6.45) is 0.933. The molecule has 1 nitrogen and oxygen atoms in total. The van der Waals surface area contributed by atoms with Crippen molar-refractivity contribution in [3.05, 3.63) is 32.9 Å². The van der Waals surface area contributed by atoms with Gasteiger partial charge in [-0.1, -0.05) is 32.9 Å². The van der Waals surface area contributed by atoms with Gasteiger partial charge in [0.2, 0.25) is 0 Å². The van der Waals surface area contributed by atoms with Crippen LogP contribution in [0.2, 0.25) is 0 Å². The van der Waals surface area contributed by atoms with Gasteiger partial charge in [0, 0.05) is 9.13 Å². The van der Waals surface area contributed by atoms with Gasteiger partial charge in [0.25, 0.3) is 0 Å². The summed E-state index contributed by atoms with van der Waals surface area (Å²) in [5, 5.41) is 0. The molecule has 1 aromatic carbocycles. The van der Waals surface area contributed by atoms with Crippen molar-refractivity contribution in [1.82, 2.24) is 0 Å². The van der Waals surface area contributed by atoms with Gasteiger partial charge in [-0.15, -0.1) is 0 Å². The second kappa shape index (κ2) is 3.78. The molecule has 70 valence electrons. The van der Waals surface area contributed by atoms with E-state index in [4.69, 9.17) is 0 Å². The lowest BCUT2D eigenvalue weighted by Gasteiger charge is -2.22. The zero-order valence-electron chi connectivity index (χ0n) is 8.10. The number of halogens is 1. The Labute approximate surface area is 92.7 Å². The Morgan fingerprint density at radius 2 is 1.92 bits per heavy atom. The molecule has 0 aliphatic carbocycles. The molecule has 0 atom stereocenters. The molecular formula is C11H13IO. The number of carbonyl (C=O) groups excluding carboxylic acids is 1. The van der Waals surface area contributed by atoms with E-state index < -0.39 is 0 Å². The molecule has 0 aromatic heterocycles. The first-order valence-corrected chi connectivity index (χ1v) is 5.29. The number of hydrogen-bond acceptors (Lipinski definition) is 1. The molecular weight excluding hydrogens is 275 g/mol. The van der Waals surface area contributed by atoms with Crippen LogP contribution in [0.15, 0.2) is 18.2 Å². The topological polar surface area (TPSA) is 17.1 Å². The molecule has 0 heterocycles. The van der Waals surface area contributed by atoms with Gasteiger partial charge in [-0.2, -0.15) is 0 Å². The van der Waals surface area contributed by atoms with Crippen LogP contribution >= 0.6 is 22.6 Å². The number of hydrogen-bond donors (Lipinski definition) is 0. The summed E-state index contributed by atoms with van der Waals surface area (Å²) >= 11 is 2.28. The third-order valence-electron chi connectivity index (χ3n) is 1.92. The lowest BCUT2D eigenvalue weighted by molar-refractivity contribution is 0.112. The van der Waals surface area contributed by atoms with Crippen LogP contribution in [0.25, 0.3) is 0 Å². The zero-order valence-corrected chi connectivity index (χ0v) is 10.3. The number of benzene rings is 1. The molecule has 2 heteroatoms. The highest BCUT2D eigenvalue weighted by Crippen LogP contribution is 2.29. The Bertz CT molecular complexity index is 323. The minimum absolute atomic E-state index is 0.0357. The Hall–Kier alpha value is -0.380. The summed E-state index contributed by atoms with van der Waals surface area (Å²) in [5.74, 6) is 0. The Morgan fingerprint density at radius 3 is 2.31 bits per heavy atom. The molecule has 0 saturated heterocycles. The van der Waals surface area contributed by atoms with Crippen LogP contribution in [0.4, 0.5) is 0 Å². The first-order chi connectivity index (χ1) is 5.96. The molecule has 13 heavy (non-hydrogen) atoms. The summed E-state index contributed by atoms with van der Waals surface area (Å²) in [5.41, 5.74) is 1.98. The number of aldehydes is 1. The van der Waals surface area contributed by atoms with Gasteiger partial charge in [-0.3, -0.25) is 4.79 Å². The maximum Gasteiger partial charge on any atom is 0.150 e. The highest BCUT2D eigenvalue weighted by Gasteiger charge is 2.20. The number of rotatable bonds is 1. The summed E-state index contributed by atoms with van der Waals surface area (Å²) < 4.78 is 1.16. The molecule has 0 radical (unpaired) electrons. The van der Waals surface area contributed by atoms with Crippen molar-refractivity contribution in [2.45, 2.75) is 26.2 Å². The van der Waals surface area contributed by atoms with Crippen molar-refractivity contribution in [3.8, 4) is 0 Å². The van der Waals surface area contributed by atoms with Crippen LogP contribution in [-0.2, 0) is 5.41 Å². The quantitative estimate of drug-likeness (QED) is 0.572. The molecule has 0 bridgehead atoms. The van der Waals surface area contributed by atoms with Gasteiger partial charge in [0.15, 0.2) is 0 Å².